The number of benzene rings is 1. The summed E-state index contributed by atoms with van der Waals surface area (Å²) >= 11 is 1.97. The lowest BCUT2D eigenvalue weighted by atomic mass is 10.0. The van der Waals surface area contributed by atoms with Crippen LogP contribution in [-0.4, -0.2) is 21.8 Å². The Hall–Kier alpha value is -1.26. The number of rotatable bonds is 4. The molecule has 0 amide bonds. The predicted molar refractivity (Wildman–Crippen MR) is 74.8 cm³/mol. The molecule has 0 saturated carbocycles. The lowest BCUT2D eigenvalue weighted by Crippen LogP contribution is -2.27. The van der Waals surface area contributed by atoms with Crippen molar-refractivity contribution in [3.63, 3.8) is 0 Å². The van der Waals surface area contributed by atoms with Gasteiger partial charge < -0.3 is 9.88 Å². The maximum Gasteiger partial charge on any atom is 0.0946 e. The lowest BCUT2D eigenvalue weighted by molar-refractivity contribution is 0.485. The van der Waals surface area contributed by atoms with Gasteiger partial charge in [-0.1, -0.05) is 18.2 Å². The van der Waals surface area contributed by atoms with Gasteiger partial charge in [-0.05, 0) is 23.8 Å². The number of thioether (sulfide) groups is 1. The number of aromatic nitrogens is 2. The fourth-order valence-electron chi connectivity index (χ4n) is 2.34. The van der Waals surface area contributed by atoms with Crippen LogP contribution in [0, 0.1) is 0 Å². The van der Waals surface area contributed by atoms with Crippen LogP contribution >= 0.6 is 11.8 Å². The van der Waals surface area contributed by atoms with Gasteiger partial charge in [-0.3, -0.25) is 0 Å². The number of imidazole rings is 1. The Morgan fingerprint density at radius 3 is 3.22 bits per heavy atom. The number of hydrogen-bond donors (Lipinski definition) is 1. The minimum Gasteiger partial charge on any atom is -0.336 e. The fraction of sp³-hybridized carbons (Fsp3) is 0.357. The minimum absolute atomic E-state index is 0.506. The number of hydrogen-bond acceptors (Lipinski definition) is 3. The largest absolute Gasteiger partial charge is 0.336 e. The minimum atomic E-state index is 0.506. The molecule has 1 atom stereocenters. The van der Waals surface area contributed by atoms with Crippen molar-refractivity contribution in [3.05, 3.63) is 48.5 Å². The smallest absolute Gasteiger partial charge is 0.0946 e. The Labute approximate surface area is 112 Å². The zero-order valence-electron chi connectivity index (χ0n) is 10.2. The molecule has 1 aromatic carbocycles. The first kappa shape index (κ1) is 11.8. The van der Waals surface area contributed by atoms with Crippen molar-refractivity contribution in [2.45, 2.75) is 23.9 Å². The monoisotopic (exact) mass is 259 g/mol. The molecule has 1 N–H and O–H groups in total. The Balaban J connectivity index is 1.60. The number of nitrogens with one attached hydrogen (secondary N) is 1. The van der Waals surface area contributed by atoms with E-state index in [0.29, 0.717) is 6.04 Å². The first-order chi connectivity index (χ1) is 8.93. The van der Waals surface area contributed by atoms with Crippen LogP contribution in [0.25, 0.3) is 0 Å². The summed E-state index contributed by atoms with van der Waals surface area (Å²) in [6.07, 6.45) is 6.91. The van der Waals surface area contributed by atoms with E-state index in [0.717, 1.165) is 13.1 Å². The van der Waals surface area contributed by atoms with Crippen LogP contribution in [0.3, 0.4) is 0 Å². The van der Waals surface area contributed by atoms with Crippen LogP contribution in [0.5, 0.6) is 0 Å². The van der Waals surface area contributed by atoms with Gasteiger partial charge in [0.1, 0.15) is 0 Å². The molecule has 2 heterocycles. The summed E-state index contributed by atoms with van der Waals surface area (Å²) in [7, 11) is 0. The summed E-state index contributed by atoms with van der Waals surface area (Å²) < 4.78 is 2.11. The van der Waals surface area contributed by atoms with Crippen molar-refractivity contribution in [1.82, 2.24) is 14.9 Å². The van der Waals surface area contributed by atoms with Gasteiger partial charge >= 0.3 is 0 Å². The molecule has 0 radical (unpaired) electrons. The zero-order chi connectivity index (χ0) is 12.2. The van der Waals surface area contributed by atoms with Crippen molar-refractivity contribution < 1.29 is 0 Å². The molecule has 0 saturated heterocycles. The second kappa shape index (κ2) is 5.59. The maximum absolute atomic E-state index is 4.06. The topological polar surface area (TPSA) is 29.9 Å². The molecule has 1 aliphatic rings. The summed E-state index contributed by atoms with van der Waals surface area (Å²) in [5.74, 6) is 1.21. The molecule has 4 heteroatoms. The van der Waals surface area contributed by atoms with E-state index in [1.807, 2.05) is 30.5 Å². The summed E-state index contributed by atoms with van der Waals surface area (Å²) in [4.78, 5) is 5.49. The van der Waals surface area contributed by atoms with E-state index >= 15 is 0 Å². The molecule has 0 aliphatic carbocycles. The normalized spacial score (nSPS) is 18.6. The highest BCUT2D eigenvalue weighted by atomic mass is 32.2. The van der Waals surface area contributed by atoms with Crippen LogP contribution in [0.1, 0.15) is 18.0 Å². The second-order valence-electron chi connectivity index (χ2n) is 4.48. The van der Waals surface area contributed by atoms with Crippen LogP contribution < -0.4 is 5.32 Å². The van der Waals surface area contributed by atoms with Gasteiger partial charge in [-0.2, -0.15) is 0 Å². The Morgan fingerprint density at radius 2 is 2.33 bits per heavy atom. The van der Waals surface area contributed by atoms with Gasteiger partial charge in [0.05, 0.1) is 6.33 Å². The van der Waals surface area contributed by atoms with Gasteiger partial charge in [0.2, 0.25) is 0 Å². The van der Waals surface area contributed by atoms with Gasteiger partial charge in [0, 0.05) is 36.4 Å². The number of fused-ring (bicyclic) bond motifs is 1. The first-order valence-corrected chi connectivity index (χ1v) is 7.33. The molecule has 94 valence electrons. The molecule has 0 fully saturated rings. The van der Waals surface area contributed by atoms with E-state index in [4.69, 9.17) is 0 Å². The van der Waals surface area contributed by atoms with E-state index in [2.05, 4.69) is 39.1 Å². The summed E-state index contributed by atoms with van der Waals surface area (Å²) in [6, 6.07) is 9.24. The highest BCUT2D eigenvalue weighted by Crippen LogP contribution is 2.35. The van der Waals surface area contributed by atoms with Crippen molar-refractivity contribution >= 4 is 11.8 Å². The molecule has 1 unspecified atom stereocenters. The van der Waals surface area contributed by atoms with Gasteiger partial charge in [0.25, 0.3) is 0 Å². The fourth-order valence-corrected chi connectivity index (χ4v) is 3.47. The lowest BCUT2D eigenvalue weighted by Gasteiger charge is -2.26. The maximum atomic E-state index is 4.06. The molecular weight excluding hydrogens is 242 g/mol. The van der Waals surface area contributed by atoms with E-state index in [1.54, 1.807) is 0 Å². The third-order valence-corrected chi connectivity index (χ3v) is 4.40. The van der Waals surface area contributed by atoms with Crippen molar-refractivity contribution in [2.75, 3.05) is 12.3 Å². The highest BCUT2D eigenvalue weighted by molar-refractivity contribution is 7.99. The van der Waals surface area contributed by atoms with Crippen LogP contribution in [0.15, 0.2) is 47.9 Å². The van der Waals surface area contributed by atoms with E-state index in [-0.39, 0.29) is 0 Å². The first-order valence-electron chi connectivity index (χ1n) is 6.34. The van der Waals surface area contributed by atoms with Gasteiger partial charge in [-0.15, -0.1) is 11.8 Å². The van der Waals surface area contributed by atoms with Crippen LogP contribution in [0.2, 0.25) is 0 Å². The molecule has 1 aliphatic heterocycles. The average molecular weight is 259 g/mol. The molecular formula is C14H17N3S. The summed E-state index contributed by atoms with van der Waals surface area (Å²) in [5.41, 5.74) is 1.46. The standard InChI is InChI=1S/C14H17N3S/c1-2-4-14-12(3-1)13(5-10-18-14)16-7-9-17-8-6-15-11-17/h1-4,6,8,11,13,16H,5,7,9-10H2. The zero-order valence-corrected chi connectivity index (χ0v) is 11.1. The molecule has 0 bridgehead atoms. The average Bonchev–Trinajstić information content (AvgIpc) is 2.92. The van der Waals surface area contributed by atoms with Crippen LogP contribution in [0.4, 0.5) is 0 Å². The predicted octanol–water partition coefficient (Wildman–Crippen LogP) is 2.71. The SMILES string of the molecule is c1ccc2c(c1)SCCC2NCCn1ccnc1. The Kier molecular flexibility index (Phi) is 3.67. The molecule has 18 heavy (non-hydrogen) atoms. The van der Waals surface area contributed by atoms with Crippen molar-refractivity contribution in [3.8, 4) is 0 Å². The van der Waals surface area contributed by atoms with Gasteiger partial charge in [-0.25, -0.2) is 4.98 Å². The molecule has 1 aromatic heterocycles. The van der Waals surface area contributed by atoms with Crippen molar-refractivity contribution in [2.24, 2.45) is 0 Å². The second-order valence-corrected chi connectivity index (χ2v) is 5.62. The van der Waals surface area contributed by atoms with Gasteiger partial charge in [0.15, 0.2) is 0 Å². The quantitative estimate of drug-likeness (QED) is 0.915. The molecule has 3 nitrogen and oxygen atoms in total. The van der Waals surface area contributed by atoms with E-state index in [9.17, 15) is 0 Å². The number of nitrogens with zero attached hydrogens (tertiary/aromatic N) is 2. The van der Waals surface area contributed by atoms with Crippen molar-refractivity contribution in [1.29, 1.82) is 0 Å². The van der Waals surface area contributed by atoms with Crippen LogP contribution in [-0.2, 0) is 6.54 Å². The Morgan fingerprint density at radius 1 is 1.39 bits per heavy atom. The van der Waals surface area contributed by atoms with E-state index < -0.39 is 0 Å². The third kappa shape index (κ3) is 2.60. The highest BCUT2D eigenvalue weighted by Gasteiger charge is 2.19. The third-order valence-electron chi connectivity index (χ3n) is 3.28. The Bertz CT molecular complexity index is 496. The molecule has 2 aromatic rings. The molecule has 3 rings (SSSR count). The summed E-state index contributed by atoms with van der Waals surface area (Å²) in [5, 5.41) is 3.65. The van der Waals surface area contributed by atoms with E-state index in [1.165, 1.54) is 22.6 Å². The summed E-state index contributed by atoms with van der Waals surface area (Å²) in [6.45, 7) is 1.96. The molecule has 0 spiro atoms.